The second-order valence-electron chi connectivity index (χ2n) is 6.96. The molecule has 2 heterocycles. The average Bonchev–Trinajstić information content (AvgIpc) is 3.14. The number of anilines is 1. The molecule has 1 fully saturated rings. The summed E-state index contributed by atoms with van der Waals surface area (Å²) in [6.45, 7) is 4.63. The van der Waals surface area contributed by atoms with Crippen LogP contribution in [-0.2, 0) is 4.79 Å². The third-order valence-electron chi connectivity index (χ3n) is 4.91. The number of amides is 3. The van der Waals surface area contributed by atoms with Gasteiger partial charge in [-0.05, 0) is 48.9 Å². The van der Waals surface area contributed by atoms with E-state index >= 15 is 0 Å². The van der Waals surface area contributed by atoms with Crippen LogP contribution in [0.4, 0.5) is 5.69 Å². The van der Waals surface area contributed by atoms with Gasteiger partial charge in [-0.1, -0.05) is 44.2 Å². The minimum Gasteiger partial charge on any atom is -0.354 e. The van der Waals surface area contributed by atoms with Crippen molar-refractivity contribution in [1.29, 1.82) is 0 Å². The lowest BCUT2D eigenvalue weighted by Crippen LogP contribution is -2.45. The van der Waals surface area contributed by atoms with Gasteiger partial charge in [-0.25, -0.2) is 0 Å². The number of carbonyl (C=O) groups excluding carboxylic acids is 3. The highest BCUT2D eigenvalue weighted by Gasteiger charge is 2.24. The Labute approximate surface area is 186 Å². The summed E-state index contributed by atoms with van der Waals surface area (Å²) in [5.41, 5.74) is 0.750. The molecule has 7 heteroatoms. The summed E-state index contributed by atoms with van der Waals surface area (Å²) in [6, 6.07) is 15.9. The smallest absolute Gasteiger partial charge is 0.265 e. The van der Waals surface area contributed by atoms with Gasteiger partial charge in [0, 0.05) is 11.2 Å². The van der Waals surface area contributed by atoms with Crippen molar-refractivity contribution in [3.63, 3.8) is 0 Å². The predicted molar refractivity (Wildman–Crippen MR) is 126 cm³/mol. The molecule has 4 rings (SSSR count). The molecule has 3 aromatic rings. The van der Waals surface area contributed by atoms with Gasteiger partial charge in [-0.2, -0.15) is 0 Å². The number of hydrogen-bond acceptors (Lipinski definition) is 4. The Bertz CT molecular complexity index is 1040. The van der Waals surface area contributed by atoms with Crippen molar-refractivity contribution in [2.75, 3.05) is 11.9 Å². The first-order valence-electron chi connectivity index (χ1n) is 10.6. The lowest BCUT2D eigenvalue weighted by molar-refractivity contribution is -0.122. The Morgan fingerprint density at radius 1 is 1.00 bits per heavy atom. The number of thiophene rings is 1. The van der Waals surface area contributed by atoms with E-state index in [0.717, 1.165) is 22.9 Å². The van der Waals surface area contributed by atoms with Crippen molar-refractivity contribution in [1.82, 2.24) is 10.6 Å². The lowest BCUT2D eigenvalue weighted by Gasteiger charge is -2.17. The molecule has 0 aliphatic carbocycles. The number of benzene rings is 2. The molecule has 0 radical (unpaired) electrons. The Kier molecular flexibility index (Phi) is 7.78. The van der Waals surface area contributed by atoms with Crippen molar-refractivity contribution >= 4 is 44.8 Å². The third-order valence-corrected chi connectivity index (χ3v) is 6.02. The summed E-state index contributed by atoms with van der Waals surface area (Å²) in [7, 11) is 0. The van der Waals surface area contributed by atoms with Gasteiger partial charge < -0.3 is 16.0 Å². The molecule has 1 unspecified atom stereocenters. The number of rotatable bonds is 4. The average molecular weight is 438 g/mol. The number of hydrogen-bond donors (Lipinski definition) is 3. The zero-order valence-electron chi connectivity index (χ0n) is 17.7. The molecular formula is C24H27N3O3S. The van der Waals surface area contributed by atoms with Gasteiger partial charge in [0.15, 0.2) is 0 Å². The summed E-state index contributed by atoms with van der Waals surface area (Å²) in [5, 5.41) is 9.46. The second-order valence-corrected chi connectivity index (χ2v) is 8.04. The minimum absolute atomic E-state index is 0.164. The van der Waals surface area contributed by atoms with E-state index in [9.17, 15) is 14.4 Å². The maximum Gasteiger partial charge on any atom is 0.265 e. The Hall–Kier alpha value is -3.19. The van der Waals surface area contributed by atoms with Gasteiger partial charge in [0.2, 0.25) is 5.91 Å². The molecule has 0 saturated carbocycles. The lowest BCUT2D eigenvalue weighted by atomic mass is 10.1. The molecule has 1 aromatic heterocycles. The number of carbonyl (C=O) groups is 3. The van der Waals surface area contributed by atoms with Gasteiger partial charge in [0.1, 0.15) is 6.04 Å². The van der Waals surface area contributed by atoms with E-state index in [1.54, 1.807) is 24.3 Å². The zero-order chi connectivity index (χ0) is 22.2. The Morgan fingerprint density at radius 3 is 2.55 bits per heavy atom. The first-order valence-corrected chi connectivity index (χ1v) is 11.4. The molecule has 1 atom stereocenters. The summed E-state index contributed by atoms with van der Waals surface area (Å²) in [5.74, 6) is -0.805. The van der Waals surface area contributed by atoms with E-state index in [2.05, 4.69) is 16.0 Å². The van der Waals surface area contributed by atoms with Gasteiger partial charge in [0.25, 0.3) is 11.8 Å². The summed E-state index contributed by atoms with van der Waals surface area (Å²) < 4.78 is 1.03. The van der Waals surface area contributed by atoms with E-state index < -0.39 is 6.04 Å². The Morgan fingerprint density at radius 2 is 1.74 bits per heavy atom. The molecule has 1 saturated heterocycles. The fourth-order valence-electron chi connectivity index (χ4n) is 3.38. The van der Waals surface area contributed by atoms with Crippen LogP contribution in [0.3, 0.4) is 0 Å². The van der Waals surface area contributed by atoms with Crippen LogP contribution < -0.4 is 16.0 Å². The molecule has 1 aliphatic heterocycles. The molecule has 0 spiro atoms. The molecular weight excluding hydrogens is 410 g/mol. The number of nitrogens with one attached hydrogen (secondary N) is 3. The highest BCUT2D eigenvalue weighted by molar-refractivity contribution is 7.20. The van der Waals surface area contributed by atoms with Crippen LogP contribution >= 0.6 is 11.3 Å². The van der Waals surface area contributed by atoms with Gasteiger partial charge in [0.05, 0.1) is 16.1 Å². The quantitative estimate of drug-likeness (QED) is 0.558. The number of fused-ring (bicyclic) bond motifs is 1. The van der Waals surface area contributed by atoms with Crippen LogP contribution in [0.5, 0.6) is 0 Å². The van der Waals surface area contributed by atoms with Gasteiger partial charge in [-0.3, -0.25) is 14.4 Å². The third kappa shape index (κ3) is 5.49. The van der Waals surface area contributed by atoms with Crippen LogP contribution in [0.1, 0.15) is 53.1 Å². The maximum absolute atomic E-state index is 12.8. The predicted octanol–water partition coefficient (Wildman–Crippen LogP) is 4.58. The van der Waals surface area contributed by atoms with Gasteiger partial charge >= 0.3 is 0 Å². The normalized spacial score (nSPS) is 15.8. The fraction of sp³-hybridized carbons (Fsp3) is 0.292. The summed E-state index contributed by atoms with van der Waals surface area (Å²) in [4.78, 5) is 38.3. The maximum atomic E-state index is 12.8. The van der Waals surface area contributed by atoms with Crippen LogP contribution in [0, 0.1) is 0 Å². The van der Waals surface area contributed by atoms with Crippen LogP contribution in [-0.4, -0.2) is 30.3 Å². The second kappa shape index (κ2) is 10.7. The SMILES string of the molecule is CC.O=C(Nc1ccccc1C(=O)NC1CCCCNC1=O)c1cc2ccccc2s1. The summed E-state index contributed by atoms with van der Waals surface area (Å²) in [6.07, 6.45) is 2.38. The van der Waals surface area contributed by atoms with Crippen molar-refractivity contribution in [3.05, 3.63) is 65.0 Å². The minimum atomic E-state index is -0.559. The Balaban J connectivity index is 0.00000132. The largest absolute Gasteiger partial charge is 0.354 e. The van der Waals surface area contributed by atoms with E-state index in [1.807, 2.05) is 44.2 Å². The molecule has 0 bridgehead atoms. The standard InChI is InChI=1S/C22H21N3O3S.C2H6/c26-20(25-17-10-5-6-12-23-21(17)27)15-8-2-3-9-16(15)24-22(28)19-13-14-7-1-4-11-18(14)29-19;1-2/h1-4,7-9,11,13,17H,5-6,10,12H2,(H,23,27)(H,24,28)(H,25,26);1-2H3. The monoisotopic (exact) mass is 437 g/mol. The fourth-order valence-corrected chi connectivity index (χ4v) is 4.34. The van der Waals surface area contributed by atoms with Crippen LogP contribution in [0.15, 0.2) is 54.6 Å². The molecule has 2 aromatic carbocycles. The number of para-hydroxylation sites is 1. The van der Waals surface area contributed by atoms with E-state index in [-0.39, 0.29) is 17.7 Å². The van der Waals surface area contributed by atoms with E-state index in [4.69, 9.17) is 0 Å². The highest BCUT2D eigenvalue weighted by atomic mass is 32.1. The molecule has 1 aliphatic rings. The highest BCUT2D eigenvalue weighted by Crippen LogP contribution is 2.26. The molecule has 3 amide bonds. The first-order chi connectivity index (χ1) is 15.1. The van der Waals surface area contributed by atoms with Crippen molar-refractivity contribution in [3.8, 4) is 0 Å². The van der Waals surface area contributed by atoms with Crippen molar-refractivity contribution < 1.29 is 14.4 Å². The van der Waals surface area contributed by atoms with Crippen LogP contribution in [0.25, 0.3) is 10.1 Å². The zero-order valence-corrected chi connectivity index (χ0v) is 18.6. The van der Waals surface area contributed by atoms with Crippen molar-refractivity contribution in [2.24, 2.45) is 0 Å². The summed E-state index contributed by atoms with van der Waals surface area (Å²) >= 11 is 1.40. The van der Waals surface area contributed by atoms with E-state index in [1.165, 1.54) is 11.3 Å². The van der Waals surface area contributed by atoms with E-state index in [0.29, 0.717) is 29.1 Å². The molecule has 3 N–H and O–H groups in total. The van der Waals surface area contributed by atoms with Crippen LogP contribution in [0.2, 0.25) is 0 Å². The van der Waals surface area contributed by atoms with Gasteiger partial charge in [-0.15, -0.1) is 11.3 Å². The molecule has 162 valence electrons. The topological polar surface area (TPSA) is 87.3 Å². The molecule has 6 nitrogen and oxygen atoms in total. The first kappa shape index (κ1) is 22.5. The molecule has 31 heavy (non-hydrogen) atoms. The van der Waals surface area contributed by atoms with Crippen molar-refractivity contribution in [2.45, 2.75) is 39.2 Å².